The van der Waals surface area contributed by atoms with Crippen LogP contribution in [0.5, 0.6) is 0 Å². The number of rotatable bonds is 3. The lowest BCUT2D eigenvalue weighted by molar-refractivity contribution is 0.890. The molecule has 0 atom stereocenters. The van der Waals surface area contributed by atoms with Gasteiger partial charge in [-0.3, -0.25) is 5.10 Å². The molecule has 0 saturated heterocycles. The van der Waals surface area contributed by atoms with Gasteiger partial charge >= 0.3 is 0 Å². The molecule has 3 heteroatoms. The lowest BCUT2D eigenvalue weighted by Crippen LogP contribution is -1.92. The predicted molar refractivity (Wildman–Crippen MR) is 61.6 cm³/mol. The lowest BCUT2D eigenvalue weighted by atomic mass is 10.1. The number of nitrogens with one attached hydrogen (secondary N) is 1. The minimum absolute atomic E-state index is 0.814. The summed E-state index contributed by atoms with van der Waals surface area (Å²) >= 11 is 0. The molecular formula is C12H15N3. The molecule has 0 bridgehead atoms. The van der Waals surface area contributed by atoms with E-state index in [4.69, 9.17) is 5.73 Å². The van der Waals surface area contributed by atoms with Gasteiger partial charge in [-0.05, 0) is 43.5 Å². The average molecular weight is 201 g/mol. The second kappa shape index (κ2) is 4.17. The van der Waals surface area contributed by atoms with Crippen LogP contribution < -0.4 is 5.73 Å². The molecule has 0 radical (unpaired) electrons. The van der Waals surface area contributed by atoms with E-state index in [-0.39, 0.29) is 0 Å². The third-order valence-electron chi connectivity index (χ3n) is 2.41. The van der Waals surface area contributed by atoms with E-state index in [1.165, 1.54) is 5.56 Å². The van der Waals surface area contributed by atoms with Crippen LogP contribution >= 0.6 is 0 Å². The van der Waals surface area contributed by atoms with E-state index in [9.17, 15) is 0 Å². The number of hydrogen-bond donors (Lipinski definition) is 2. The maximum Gasteiger partial charge on any atom is 0.0628 e. The van der Waals surface area contributed by atoms with Crippen LogP contribution in [0.15, 0.2) is 30.3 Å². The largest absolute Gasteiger partial charge is 0.399 e. The molecule has 0 aliphatic rings. The topological polar surface area (TPSA) is 54.7 Å². The number of benzene rings is 1. The zero-order valence-corrected chi connectivity index (χ0v) is 8.83. The fourth-order valence-electron chi connectivity index (χ4n) is 1.56. The summed E-state index contributed by atoms with van der Waals surface area (Å²) in [6.07, 6.45) is 1.97. The summed E-state index contributed by atoms with van der Waals surface area (Å²) in [5.74, 6) is 0. The first kappa shape index (κ1) is 9.77. The fourth-order valence-corrected chi connectivity index (χ4v) is 1.56. The van der Waals surface area contributed by atoms with Crippen LogP contribution in [0.2, 0.25) is 0 Å². The molecule has 0 spiro atoms. The first-order valence-electron chi connectivity index (χ1n) is 5.09. The molecular weight excluding hydrogens is 186 g/mol. The van der Waals surface area contributed by atoms with Crippen LogP contribution in [0, 0.1) is 6.92 Å². The van der Waals surface area contributed by atoms with Gasteiger partial charge in [-0.15, -0.1) is 0 Å². The van der Waals surface area contributed by atoms with Crippen molar-refractivity contribution in [3.8, 4) is 0 Å². The summed E-state index contributed by atoms with van der Waals surface area (Å²) in [5, 5.41) is 7.14. The number of hydrogen-bond acceptors (Lipinski definition) is 2. The zero-order valence-electron chi connectivity index (χ0n) is 8.83. The summed E-state index contributed by atoms with van der Waals surface area (Å²) in [6.45, 7) is 2.01. The van der Waals surface area contributed by atoms with Crippen molar-refractivity contribution < 1.29 is 0 Å². The van der Waals surface area contributed by atoms with Gasteiger partial charge in [0.1, 0.15) is 0 Å². The highest BCUT2D eigenvalue weighted by atomic mass is 15.1. The van der Waals surface area contributed by atoms with E-state index >= 15 is 0 Å². The fraction of sp³-hybridized carbons (Fsp3) is 0.250. The van der Waals surface area contributed by atoms with E-state index in [1.807, 2.05) is 19.1 Å². The Morgan fingerprint density at radius 1 is 1.20 bits per heavy atom. The number of nitrogens with zero attached hydrogens (tertiary/aromatic N) is 1. The molecule has 1 aromatic carbocycles. The van der Waals surface area contributed by atoms with Crippen molar-refractivity contribution in [2.24, 2.45) is 0 Å². The minimum atomic E-state index is 0.814. The lowest BCUT2D eigenvalue weighted by Gasteiger charge is -1.99. The highest BCUT2D eigenvalue weighted by Gasteiger charge is 1.99. The SMILES string of the molecule is Cc1cc(CCc2ccc(N)cc2)n[nH]1. The summed E-state index contributed by atoms with van der Waals surface area (Å²) in [6, 6.07) is 10.1. The molecule has 1 heterocycles. The number of anilines is 1. The van der Waals surface area contributed by atoms with Gasteiger partial charge in [0.2, 0.25) is 0 Å². The van der Waals surface area contributed by atoms with E-state index in [2.05, 4.69) is 28.4 Å². The van der Waals surface area contributed by atoms with Crippen LogP contribution in [0.3, 0.4) is 0 Å². The third-order valence-corrected chi connectivity index (χ3v) is 2.41. The number of nitrogens with two attached hydrogens (primary N) is 1. The summed E-state index contributed by atoms with van der Waals surface area (Å²) < 4.78 is 0. The first-order valence-corrected chi connectivity index (χ1v) is 5.09. The van der Waals surface area contributed by atoms with Crippen molar-refractivity contribution in [3.63, 3.8) is 0 Å². The standard InChI is InChI=1S/C12H15N3/c1-9-8-12(15-14-9)7-4-10-2-5-11(13)6-3-10/h2-3,5-6,8H,4,7,13H2,1H3,(H,14,15). The third kappa shape index (κ3) is 2.59. The predicted octanol–water partition coefficient (Wildman–Crippen LogP) is 2.09. The van der Waals surface area contributed by atoms with Crippen LogP contribution in [-0.2, 0) is 12.8 Å². The number of aromatic amines is 1. The Balaban J connectivity index is 1.96. The molecule has 15 heavy (non-hydrogen) atoms. The quantitative estimate of drug-likeness (QED) is 0.747. The van der Waals surface area contributed by atoms with Gasteiger partial charge in [0.25, 0.3) is 0 Å². The van der Waals surface area contributed by atoms with Crippen LogP contribution in [0.1, 0.15) is 17.0 Å². The van der Waals surface area contributed by atoms with Crippen molar-refractivity contribution in [1.29, 1.82) is 0 Å². The Bertz CT molecular complexity index is 428. The minimum Gasteiger partial charge on any atom is -0.399 e. The maximum atomic E-state index is 5.62. The Labute approximate surface area is 89.3 Å². The van der Waals surface area contributed by atoms with Crippen molar-refractivity contribution >= 4 is 5.69 Å². The highest BCUT2D eigenvalue weighted by molar-refractivity contribution is 5.39. The molecule has 2 rings (SSSR count). The molecule has 78 valence electrons. The molecule has 3 nitrogen and oxygen atoms in total. The van der Waals surface area contributed by atoms with Crippen LogP contribution in [-0.4, -0.2) is 10.2 Å². The van der Waals surface area contributed by atoms with Gasteiger partial charge in [-0.2, -0.15) is 5.10 Å². The van der Waals surface area contributed by atoms with Gasteiger partial charge in [0, 0.05) is 11.4 Å². The maximum absolute atomic E-state index is 5.62. The second-order valence-corrected chi connectivity index (χ2v) is 3.78. The summed E-state index contributed by atoms with van der Waals surface area (Å²) in [4.78, 5) is 0. The summed E-state index contributed by atoms with van der Waals surface area (Å²) in [5.41, 5.74) is 9.96. The molecule has 2 aromatic rings. The van der Waals surface area contributed by atoms with Crippen LogP contribution in [0.25, 0.3) is 0 Å². The van der Waals surface area contributed by atoms with Gasteiger partial charge in [-0.1, -0.05) is 12.1 Å². The summed E-state index contributed by atoms with van der Waals surface area (Å²) in [7, 11) is 0. The van der Waals surface area contributed by atoms with Gasteiger partial charge in [-0.25, -0.2) is 0 Å². The number of aryl methyl sites for hydroxylation is 3. The molecule has 3 N–H and O–H groups in total. The van der Waals surface area contributed by atoms with Gasteiger partial charge < -0.3 is 5.73 Å². The second-order valence-electron chi connectivity index (χ2n) is 3.78. The Morgan fingerprint density at radius 3 is 2.53 bits per heavy atom. The Kier molecular flexibility index (Phi) is 2.72. The monoisotopic (exact) mass is 201 g/mol. The smallest absolute Gasteiger partial charge is 0.0628 e. The van der Waals surface area contributed by atoms with Crippen molar-refractivity contribution in [2.75, 3.05) is 5.73 Å². The molecule has 0 fully saturated rings. The van der Waals surface area contributed by atoms with E-state index in [0.29, 0.717) is 0 Å². The van der Waals surface area contributed by atoms with E-state index in [1.54, 1.807) is 0 Å². The van der Waals surface area contributed by atoms with E-state index in [0.717, 1.165) is 29.9 Å². The Hall–Kier alpha value is -1.77. The van der Waals surface area contributed by atoms with Gasteiger partial charge in [0.05, 0.1) is 5.69 Å². The van der Waals surface area contributed by atoms with Crippen molar-refractivity contribution in [1.82, 2.24) is 10.2 Å². The van der Waals surface area contributed by atoms with Gasteiger partial charge in [0.15, 0.2) is 0 Å². The average Bonchev–Trinajstić information content (AvgIpc) is 2.64. The Morgan fingerprint density at radius 2 is 1.93 bits per heavy atom. The number of H-pyrrole nitrogens is 1. The van der Waals surface area contributed by atoms with Crippen molar-refractivity contribution in [3.05, 3.63) is 47.3 Å². The zero-order chi connectivity index (χ0) is 10.7. The highest BCUT2D eigenvalue weighted by Crippen LogP contribution is 2.09. The van der Waals surface area contributed by atoms with Crippen LogP contribution in [0.4, 0.5) is 5.69 Å². The van der Waals surface area contributed by atoms with Crippen molar-refractivity contribution in [2.45, 2.75) is 19.8 Å². The molecule has 0 amide bonds. The van der Waals surface area contributed by atoms with E-state index < -0.39 is 0 Å². The molecule has 0 unspecified atom stereocenters. The molecule has 1 aromatic heterocycles. The first-order chi connectivity index (χ1) is 7.24. The molecule has 0 saturated carbocycles. The number of aromatic nitrogens is 2. The molecule has 0 aliphatic carbocycles. The number of nitrogen functional groups attached to an aromatic ring is 1. The normalized spacial score (nSPS) is 10.5. The molecule has 0 aliphatic heterocycles.